The molecule has 2 N–H and O–H groups in total. The van der Waals surface area contributed by atoms with Crippen molar-refractivity contribution in [1.82, 2.24) is 4.31 Å². The number of anilines is 2. The fourth-order valence-electron chi connectivity index (χ4n) is 4.21. The van der Waals surface area contributed by atoms with Crippen LogP contribution < -0.4 is 10.0 Å². The van der Waals surface area contributed by atoms with Crippen molar-refractivity contribution >= 4 is 64.9 Å². The number of piperidine rings is 1. The molecule has 1 fully saturated rings. The number of sulfonamides is 2. The highest BCUT2D eigenvalue weighted by molar-refractivity contribution is 9.10. The van der Waals surface area contributed by atoms with Gasteiger partial charge in [0, 0.05) is 34.2 Å². The zero-order valence-corrected chi connectivity index (χ0v) is 24.5. The Labute approximate surface area is 236 Å². The molecule has 0 spiro atoms. The van der Waals surface area contributed by atoms with Crippen LogP contribution in [0.15, 0.2) is 76.1 Å². The Balaban J connectivity index is 1.33. The van der Waals surface area contributed by atoms with Gasteiger partial charge in [-0.25, -0.2) is 21.1 Å². The van der Waals surface area contributed by atoms with Crippen molar-refractivity contribution in [3.8, 4) is 0 Å². The largest absolute Gasteiger partial charge is 0.326 e. The summed E-state index contributed by atoms with van der Waals surface area (Å²) >= 11 is 9.44. The quantitative estimate of drug-likeness (QED) is 0.343. The van der Waals surface area contributed by atoms with Crippen LogP contribution in [0.5, 0.6) is 0 Å². The molecule has 8 nitrogen and oxygen atoms in total. The lowest BCUT2D eigenvalue weighted by atomic mass is 9.97. The number of halogens is 2. The van der Waals surface area contributed by atoms with E-state index in [9.17, 15) is 21.6 Å². The number of benzene rings is 3. The first-order valence-electron chi connectivity index (χ1n) is 11.9. The zero-order valence-electron chi connectivity index (χ0n) is 20.5. The maximum atomic E-state index is 12.8. The average Bonchev–Trinajstić information content (AvgIpc) is 2.87. The van der Waals surface area contributed by atoms with Crippen molar-refractivity contribution in [2.45, 2.75) is 30.4 Å². The minimum absolute atomic E-state index is 0.0406. The average molecular weight is 641 g/mol. The highest BCUT2D eigenvalue weighted by atomic mass is 79.9. The SMILES string of the molecule is Cc1c(Cl)cccc1NS(=O)(=O)c1ccc(NC(=O)C2CCN(S(=O)(=O)Cc3cccc(Br)c3)CC2)cc1. The van der Waals surface area contributed by atoms with Crippen molar-refractivity contribution < 1.29 is 21.6 Å². The fourth-order valence-corrected chi connectivity index (χ4v) is 7.50. The lowest BCUT2D eigenvalue weighted by molar-refractivity contribution is -0.120. The lowest BCUT2D eigenvalue weighted by Crippen LogP contribution is -2.41. The molecule has 1 aliphatic heterocycles. The Hall–Kier alpha value is -2.44. The first kappa shape index (κ1) is 28.6. The predicted molar refractivity (Wildman–Crippen MR) is 153 cm³/mol. The Bertz CT molecular complexity index is 1540. The van der Waals surface area contributed by atoms with Crippen LogP contribution in [0.4, 0.5) is 11.4 Å². The van der Waals surface area contributed by atoms with E-state index in [4.69, 9.17) is 11.6 Å². The van der Waals surface area contributed by atoms with Crippen molar-refractivity contribution in [3.63, 3.8) is 0 Å². The minimum atomic E-state index is -3.85. The maximum Gasteiger partial charge on any atom is 0.261 e. The Morgan fingerprint density at radius 2 is 1.66 bits per heavy atom. The lowest BCUT2D eigenvalue weighted by Gasteiger charge is -2.30. The van der Waals surface area contributed by atoms with Gasteiger partial charge in [-0.15, -0.1) is 0 Å². The first-order valence-corrected chi connectivity index (χ1v) is 16.1. The van der Waals surface area contributed by atoms with Crippen LogP contribution >= 0.6 is 27.5 Å². The van der Waals surface area contributed by atoms with E-state index in [1.54, 1.807) is 43.3 Å². The van der Waals surface area contributed by atoms with Crippen LogP contribution in [0.2, 0.25) is 5.02 Å². The maximum absolute atomic E-state index is 12.8. The molecule has 38 heavy (non-hydrogen) atoms. The van der Waals surface area contributed by atoms with Crippen LogP contribution in [0.25, 0.3) is 0 Å². The van der Waals surface area contributed by atoms with Gasteiger partial charge in [-0.1, -0.05) is 45.7 Å². The van der Waals surface area contributed by atoms with Gasteiger partial charge in [0.05, 0.1) is 16.3 Å². The summed E-state index contributed by atoms with van der Waals surface area (Å²) in [4.78, 5) is 12.9. The molecular formula is C26H27BrClN3O5S2. The summed E-state index contributed by atoms with van der Waals surface area (Å²) in [6.07, 6.45) is 0.803. The molecule has 3 aromatic rings. The van der Waals surface area contributed by atoms with Crippen LogP contribution in [-0.2, 0) is 30.6 Å². The molecular weight excluding hydrogens is 614 g/mol. The van der Waals surface area contributed by atoms with E-state index < -0.39 is 20.0 Å². The molecule has 1 heterocycles. The summed E-state index contributed by atoms with van der Waals surface area (Å²) in [6, 6.07) is 18.0. The summed E-state index contributed by atoms with van der Waals surface area (Å²) < 4.78 is 56.1. The summed E-state index contributed by atoms with van der Waals surface area (Å²) in [5.41, 5.74) is 2.16. The third-order valence-corrected chi connectivity index (χ3v) is 10.5. The normalized spacial score (nSPS) is 15.2. The molecule has 0 radical (unpaired) electrons. The molecule has 0 aliphatic carbocycles. The molecule has 0 bridgehead atoms. The molecule has 1 amide bonds. The first-order chi connectivity index (χ1) is 17.9. The predicted octanol–water partition coefficient (Wildman–Crippen LogP) is 5.39. The Morgan fingerprint density at radius 3 is 2.32 bits per heavy atom. The smallest absolute Gasteiger partial charge is 0.261 e. The van der Waals surface area contributed by atoms with Gasteiger partial charge in [-0.05, 0) is 79.4 Å². The van der Waals surface area contributed by atoms with E-state index in [2.05, 4.69) is 26.0 Å². The van der Waals surface area contributed by atoms with E-state index in [1.807, 2.05) is 6.07 Å². The summed E-state index contributed by atoms with van der Waals surface area (Å²) in [6.45, 7) is 2.25. The molecule has 3 aromatic carbocycles. The molecule has 0 atom stereocenters. The number of hydrogen-bond acceptors (Lipinski definition) is 5. The van der Waals surface area contributed by atoms with E-state index in [0.717, 1.165) is 4.47 Å². The fraction of sp³-hybridized carbons (Fsp3) is 0.269. The van der Waals surface area contributed by atoms with Gasteiger partial charge in [0.15, 0.2) is 0 Å². The third kappa shape index (κ3) is 6.95. The molecule has 12 heteroatoms. The van der Waals surface area contributed by atoms with Gasteiger partial charge in [0.25, 0.3) is 10.0 Å². The molecule has 0 saturated carbocycles. The highest BCUT2D eigenvalue weighted by Crippen LogP contribution is 2.27. The Kier molecular flexibility index (Phi) is 8.83. The van der Waals surface area contributed by atoms with Crippen molar-refractivity contribution in [1.29, 1.82) is 0 Å². The van der Waals surface area contributed by atoms with Gasteiger partial charge in [0.1, 0.15) is 0 Å². The van der Waals surface area contributed by atoms with E-state index in [1.165, 1.54) is 28.6 Å². The van der Waals surface area contributed by atoms with Gasteiger partial charge in [-0.3, -0.25) is 9.52 Å². The number of rotatable bonds is 8. The molecule has 0 aromatic heterocycles. The second kappa shape index (κ2) is 11.7. The van der Waals surface area contributed by atoms with Gasteiger partial charge >= 0.3 is 0 Å². The number of nitrogens with one attached hydrogen (secondary N) is 2. The van der Waals surface area contributed by atoms with Gasteiger partial charge in [0.2, 0.25) is 15.9 Å². The molecule has 1 aliphatic rings. The van der Waals surface area contributed by atoms with E-state index in [-0.39, 0.29) is 35.6 Å². The van der Waals surface area contributed by atoms with E-state index in [0.29, 0.717) is 40.4 Å². The second-order valence-electron chi connectivity index (χ2n) is 9.09. The van der Waals surface area contributed by atoms with Crippen LogP contribution in [0, 0.1) is 12.8 Å². The third-order valence-electron chi connectivity index (χ3n) is 6.40. The molecule has 1 saturated heterocycles. The number of carbonyl (C=O) groups is 1. The number of hydrogen-bond donors (Lipinski definition) is 2. The molecule has 0 unspecified atom stereocenters. The van der Waals surface area contributed by atoms with E-state index >= 15 is 0 Å². The topological polar surface area (TPSA) is 113 Å². The Morgan fingerprint density at radius 1 is 1.00 bits per heavy atom. The molecule has 202 valence electrons. The van der Waals surface area contributed by atoms with Crippen LogP contribution in [0.3, 0.4) is 0 Å². The van der Waals surface area contributed by atoms with Gasteiger partial charge < -0.3 is 5.32 Å². The van der Waals surface area contributed by atoms with Gasteiger partial charge in [-0.2, -0.15) is 0 Å². The van der Waals surface area contributed by atoms with Crippen molar-refractivity contribution in [2.75, 3.05) is 23.1 Å². The number of carbonyl (C=O) groups excluding carboxylic acids is 1. The summed E-state index contributed by atoms with van der Waals surface area (Å²) in [5.74, 6) is -0.662. The zero-order chi connectivity index (χ0) is 27.5. The minimum Gasteiger partial charge on any atom is -0.326 e. The number of amides is 1. The van der Waals surface area contributed by atoms with Crippen molar-refractivity contribution in [2.24, 2.45) is 5.92 Å². The van der Waals surface area contributed by atoms with Crippen molar-refractivity contribution in [3.05, 3.63) is 87.4 Å². The second-order valence-corrected chi connectivity index (χ2v) is 14.1. The molecule has 4 rings (SSSR count). The van der Waals surface area contributed by atoms with Crippen LogP contribution in [0.1, 0.15) is 24.0 Å². The highest BCUT2D eigenvalue weighted by Gasteiger charge is 2.31. The number of nitrogens with zero attached hydrogens (tertiary/aromatic N) is 1. The summed E-state index contributed by atoms with van der Waals surface area (Å²) in [5, 5.41) is 3.27. The standard InChI is InChI=1S/C26H27BrClN3O5S2/c1-18-24(28)6-3-7-25(18)30-38(35,36)23-10-8-22(9-11-23)29-26(32)20-12-14-31(15-13-20)37(33,34)17-19-4-2-5-21(27)16-19/h2-11,16,20,30H,12-15,17H2,1H3,(H,29,32). The van der Waals surface area contributed by atoms with Crippen LogP contribution in [-0.4, -0.2) is 40.1 Å². The summed E-state index contributed by atoms with van der Waals surface area (Å²) in [7, 11) is -7.35. The monoisotopic (exact) mass is 639 g/mol.